The molecule has 1 saturated heterocycles. The molecule has 1 aliphatic rings. The first kappa shape index (κ1) is 19.3. The van der Waals surface area contributed by atoms with Crippen LogP contribution in [0.5, 0.6) is 0 Å². The minimum Gasteiger partial charge on any atom is -0.314 e. The molecule has 0 unspecified atom stereocenters. The van der Waals surface area contributed by atoms with Gasteiger partial charge >= 0.3 is 0 Å². The summed E-state index contributed by atoms with van der Waals surface area (Å²) in [5.74, 6) is 0.832. The quantitative estimate of drug-likeness (QED) is 0.810. The Hall–Kier alpha value is -0.0800. The maximum absolute atomic E-state index is 3.65. The van der Waals surface area contributed by atoms with Crippen LogP contribution >= 0.6 is 0 Å². The number of piperidine rings is 1. The number of rotatable bonds is 4. The molecule has 0 amide bonds. The Morgan fingerprint density at radius 1 is 1.06 bits per heavy atom. The van der Waals surface area contributed by atoms with E-state index in [9.17, 15) is 0 Å². The van der Waals surface area contributed by atoms with Gasteiger partial charge in [-0.3, -0.25) is 0 Å². The minimum absolute atomic E-state index is 0.787. The summed E-state index contributed by atoms with van der Waals surface area (Å²) in [7, 11) is 2.21. The maximum atomic E-state index is 3.65. The lowest BCUT2D eigenvalue weighted by atomic mass is 10.0. The van der Waals surface area contributed by atoms with Crippen LogP contribution in [0, 0.1) is 5.92 Å². The molecule has 2 heteroatoms. The molecule has 0 aromatic carbocycles. The molecule has 1 heterocycles. The molecule has 0 aliphatic carbocycles. The molecule has 1 rings (SSSR count). The van der Waals surface area contributed by atoms with E-state index in [1.54, 1.807) is 0 Å². The van der Waals surface area contributed by atoms with E-state index in [1.807, 2.05) is 27.7 Å². The Morgan fingerprint density at radius 2 is 1.53 bits per heavy atom. The van der Waals surface area contributed by atoms with Crippen molar-refractivity contribution in [3.63, 3.8) is 0 Å². The fourth-order valence-corrected chi connectivity index (χ4v) is 1.79. The van der Waals surface area contributed by atoms with Gasteiger partial charge in [-0.05, 0) is 51.9 Å². The molecule has 1 N–H and O–H groups in total. The summed E-state index contributed by atoms with van der Waals surface area (Å²) in [6.45, 7) is 16.3. The largest absolute Gasteiger partial charge is 0.314 e. The van der Waals surface area contributed by atoms with E-state index >= 15 is 0 Å². The van der Waals surface area contributed by atoms with E-state index in [0.29, 0.717) is 0 Å². The Labute approximate surface area is 110 Å². The number of likely N-dealkylation sites (tertiary alicyclic amines) is 1. The van der Waals surface area contributed by atoms with Crippen molar-refractivity contribution in [2.75, 3.05) is 26.7 Å². The zero-order chi connectivity index (χ0) is 13.7. The third-order valence-corrected chi connectivity index (χ3v) is 2.87. The van der Waals surface area contributed by atoms with E-state index in [1.165, 1.54) is 38.9 Å². The Bertz CT molecular complexity index is 127. The minimum atomic E-state index is 0.787. The molecule has 0 bridgehead atoms. The van der Waals surface area contributed by atoms with E-state index in [4.69, 9.17) is 0 Å². The fourth-order valence-electron chi connectivity index (χ4n) is 1.79. The van der Waals surface area contributed by atoms with Crippen LogP contribution in [0.4, 0.5) is 0 Å². The van der Waals surface area contributed by atoms with Gasteiger partial charge in [0.25, 0.3) is 0 Å². The van der Waals surface area contributed by atoms with Crippen LogP contribution in [0.1, 0.15) is 60.8 Å². The number of nitrogens with zero attached hydrogens (tertiary/aromatic N) is 1. The van der Waals surface area contributed by atoms with Crippen molar-refractivity contribution in [1.82, 2.24) is 10.2 Å². The summed E-state index contributed by atoms with van der Waals surface area (Å²) < 4.78 is 0. The van der Waals surface area contributed by atoms with Gasteiger partial charge in [-0.1, -0.05) is 41.5 Å². The molecule has 1 fully saturated rings. The summed E-state index contributed by atoms with van der Waals surface area (Å²) in [4.78, 5) is 2.42. The first-order valence-electron chi connectivity index (χ1n) is 7.60. The highest BCUT2D eigenvalue weighted by molar-refractivity contribution is 4.75. The van der Waals surface area contributed by atoms with Gasteiger partial charge in [0.15, 0.2) is 0 Å². The third kappa shape index (κ3) is 12.2. The normalized spacial score (nSPS) is 16.9. The molecular weight excluding hydrogens is 208 g/mol. The average molecular weight is 244 g/mol. The maximum Gasteiger partial charge on any atom is 0.00914 e. The second-order valence-corrected chi connectivity index (χ2v) is 4.71. The van der Waals surface area contributed by atoms with Crippen LogP contribution in [-0.2, 0) is 0 Å². The second kappa shape index (κ2) is 14.0. The van der Waals surface area contributed by atoms with Crippen molar-refractivity contribution in [3.05, 3.63) is 0 Å². The number of nitrogens with one attached hydrogen (secondary N) is 1. The van der Waals surface area contributed by atoms with Crippen molar-refractivity contribution in [3.8, 4) is 0 Å². The molecule has 0 spiro atoms. The standard InChI is InChI=1S/C11H24N2.2C2H6/c1-10(2)4-7-12-11-5-8-13(3)9-6-11;2*1-2/h10-12H,4-9H2,1-3H3;2*1-2H3. The number of hydrogen-bond donors (Lipinski definition) is 1. The molecule has 0 radical (unpaired) electrons. The van der Waals surface area contributed by atoms with Crippen molar-refractivity contribution in [2.45, 2.75) is 66.8 Å². The third-order valence-electron chi connectivity index (χ3n) is 2.87. The lowest BCUT2D eigenvalue weighted by Crippen LogP contribution is -2.41. The predicted octanol–water partition coefficient (Wildman–Crippen LogP) is 3.77. The Morgan fingerprint density at radius 3 is 1.94 bits per heavy atom. The molecule has 17 heavy (non-hydrogen) atoms. The van der Waals surface area contributed by atoms with Crippen molar-refractivity contribution >= 4 is 0 Å². The molecule has 0 saturated carbocycles. The van der Waals surface area contributed by atoms with Gasteiger partial charge in [-0.15, -0.1) is 0 Å². The smallest absolute Gasteiger partial charge is 0.00914 e. The summed E-state index contributed by atoms with van der Waals surface area (Å²) in [6.07, 6.45) is 3.97. The van der Waals surface area contributed by atoms with Crippen molar-refractivity contribution < 1.29 is 0 Å². The van der Waals surface area contributed by atoms with Crippen LogP contribution in [0.25, 0.3) is 0 Å². The SMILES string of the molecule is CC.CC.CC(C)CCNC1CCN(C)CC1. The van der Waals surface area contributed by atoms with E-state index in [-0.39, 0.29) is 0 Å². The van der Waals surface area contributed by atoms with Crippen LogP contribution in [0.2, 0.25) is 0 Å². The van der Waals surface area contributed by atoms with Crippen LogP contribution in [0.15, 0.2) is 0 Å². The van der Waals surface area contributed by atoms with E-state index in [2.05, 4.69) is 31.1 Å². The summed E-state index contributed by atoms with van der Waals surface area (Å²) >= 11 is 0. The van der Waals surface area contributed by atoms with Gasteiger partial charge in [0.05, 0.1) is 0 Å². The molecule has 0 aromatic heterocycles. The summed E-state index contributed by atoms with van der Waals surface area (Å²) in [6, 6.07) is 0.787. The van der Waals surface area contributed by atoms with Crippen LogP contribution in [-0.4, -0.2) is 37.6 Å². The predicted molar refractivity (Wildman–Crippen MR) is 80.7 cm³/mol. The lowest BCUT2D eigenvalue weighted by molar-refractivity contribution is 0.233. The Kier molecular flexibility index (Phi) is 15.8. The molecule has 2 nitrogen and oxygen atoms in total. The highest BCUT2D eigenvalue weighted by Crippen LogP contribution is 2.08. The highest BCUT2D eigenvalue weighted by atomic mass is 15.1. The zero-order valence-corrected chi connectivity index (χ0v) is 13.3. The zero-order valence-electron chi connectivity index (χ0n) is 13.3. The fraction of sp³-hybridized carbons (Fsp3) is 1.00. The van der Waals surface area contributed by atoms with Gasteiger partial charge < -0.3 is 10.2 Å². The van der Waals surface area contributed by atoms with Crippen LogP contribution < -0.4 is 5.32 Å². The molecule has 1 aliphatic heterocycles. The second-order valence-electron chi connectivity index (χ2n) is 4.71. The lowest BCUT2D eigenvalue weighted by Gasteiger charge is -2.29. The molecule has 106 valence electrons. The van der Waals surface area contributed by atoms with E-state index in [0.717, 1.165) is 12.0 Å². The van der Waals surface area contributed by atoms with Gasteiger partial charge in [0.2, 0.25) is 0 Å². The van der Waals surface area contributed by atoms with Gasteiger partial charge in [0, 0.05) is 6.04 Å². The first-order chi connectivity index (χ1) is 8.18. The van der Waals surface area contributed by atoms with Gasteiger partial charge in [-0.2, -0.15) is 0 Å². The summed E-state index contributed by atoms with van der Waals surface area (Å²) in [5.41, 5.74) is 0. The molecule has 0 atom stereocenters. The topological polar surface area (TPSA) is 15.3 Å². The first-order valence-corrected chi connectivity index (χ1v) is 7.60. The van der Waals surface area contributed by atoms with Crippen molar-refractivity contribution in [2.24, 2.45) is 5.92 Å². The average Bonchev–Trinajstić information content (AvgIpc) is 2.36. The number of hydrogen-bond acceptors (Lipinski definition) is 2. The highest BCUT2D eigenvalue weighted by Gasteiger charge is 2.15. The summed E-state index contributed by atoms with van der Waals surface area (Å²) in [5, 5.41) is 3.65. The van der Waals surface area contributed by atoms with E-state index < -0.39 is 0 Å². The molecule has 0 aromatic rings. The van der Waals surface area contributed by atoms with Gasteiger partial charge in [0.1, 0.15) is 0 Å². The molecular formula is C15H36N2. The van der Waals surface area contributed by atoms with Gasteiger partial charge in [-0.25, -0.2) is 0 Å². The Balaban J connectivity index is 0. The monoisotopic (exact) mass is 244 g/mol. The van der Waals surface area contributed by atoms with Crippen LogP contribution in [0.3, 0.4) is 0 Å². The van der Waals surface area contributed by atoms with Crippen molar-refractivity contribution in [1.29, 1.82) is 0 Å².